The summed E-state index contributed by atoms with van der Waals surface area (Å²) in [5.74, 6) is -1.61. The summed E-state index contributed by atoms with van der Waals surface area (Å²) in [6, 6.07) is 0. The van der Waals surface area contributed by atoms with Gasteiger partial charge in [-0.15, -0.1) is 0 Å². The summed E-state index contributed by atoms with van der Waals surface area (Å²) < 4.78 is 48.0. The van der Waals surface area contributed by atoms with Gasteiger partial charge in [-0.25, -0.2) is 13.2 Å². The zero-order valence-corrected chi connectivity index (χ0v) is 25.2. The molecule has 0 amide bonds. The fraction of sp³-hybridized carbons (Fsp3) is 0.963. The van der Waals surface area contributed by atoms with Crippen LogP contribution >= 0.6 is 8.46 Å². The molecule has 0 radical (unpaired) electrons. The van der Waals surface area contributed by atoms with Gasteiger partial charge in [-0.05, 0) is 25.7 Å². The third-order valence-corrected chi connectivity index (χ3v) is 9.58. The number of carboxylic acid groups (broad SMARTS) is 1. The Morgan fingerprint density at radius 2 is 1.30 bits per heavy atom. The summed E-state index contributed by atoms with van der Waals surface area (Å²) in [6.07, 6.45) is 16.5. The highest BCUT2D eigenvalue weighted by Crippen LogP contribution is 2.26. The second-order valence-corrected chi connectivity index (χ2v) is 13.2. The van der Waals surface area contributed by atoms with Crippen molar-refractivity contribution in [3.8, 4) is 0 Å². The lowest BCUT2D eigenvalue weighted by Crippen LogP contribution is -2.40. The number of hydrogen-bond donors (Lipinski definition) is 2. The third-order valence-electron chi connectivity index (χ3n) is 6.69. The zero-order chi connectivity index (χ0) is 28.0. The minimum atomic E-state index is -3.30. The molecular weight excluding hydrogens is 515 g/mol. The Morgan fingerprint density at radius 1 is 0.811 bits per heavy atom. The number of carboxylic acids is 1. The Balaban J connectivity index is 4.77. The van der Waals surface area contributed by atoms with E-state index in [0.29, 0.717) is 12.8 Å². The zero-order valence-electron chi connectivity index (χ0n) is 23.5. The fourth-order valence-corrected chi connectivity index (χ4v) is 6.46. The number of sulfone groups is 1. The maximum absolute atomic E-state index is 13.2. The summed E-state index contributed by atoms with van der Waals surface area (Å²) in [4.78, 5) is 11.1. The Bertz CT molecular complexity index is 688. The molecule has 2 N–H and O–H groups in total. The average Bonchev–Trinajstić information content (AvgIpc) is 2.87. The van der Waals surface area contributed by atoms with Gasteiger partial charge in [0.1, 0.15) is 0 Å². The normalized spacial score (nSPS) is 15.5. The second kappa shape index (κ2) is 22.2. The molecule has 3 atom stereocenters. The maximum Gasteiger partial charge on any atom is 0.377 e. The van der Waals surface area contributed by atoms with E-state index < -0.39 is 41.3 Å². The lowest BCUT2D eigenvalue weighted by Gasteiger charge is -2.24. The van der Waals surface area contributed by atoms with Crippen molar-refractivity contribution in [2.75, 3.05) is 12.4 Å². The molecule has 0 aliphatic rings. The summed E-state index contributed by atoms with van der Waals surface area (Å²) in [7, 11) is -4.40. The van der Waals surface area contributed by atoms with Crippen molar-refractivity contribution in [3.63, 3.8) is 0 Å². The molecule has 0 saturated heterocycles. The predicted molar refractivity (Wildman–Crippen MR) is 149 cm³/mol. The molecule has 37 heavy (non-hydrogen) atoms. The molecule has 0 saturated carbocycles. The second-order valence-electron chi connectivity index (χ2n) is 9.99. The topological polar surface area (TPSA) is 127 Å². The van der Waals surface area contributed by atoms with Crippen LogP contribution in [0.4, 0.5) is 0 Å². The molecular formula is C27H53O8PS. The standard InChI is InChI=1S/C27H53O8PS/c1-4-7-9-11-13-14-15-17-19-23-37(32,33)24(20-18-16-12-10-8-5-2)21-22-34-25(6-3)35-27(30,36-31)26(28)29/h24-25,30H,4-23H2,1-3H3,(H,28,29). The van der Waals surface area contributed by atoms with Crippen LogP contribution in [0.2, 0.25) is 0 Å². The number of rotatable bonds is 27. The number of unbranched alkanes of at least 4 members (excludes halogenated alkanes) is 13. The number of aliphatic carboxylic acids is 1. The maximum atomic E-state index is 13.2. The molecule has 0 bridgehead atoms. The van der Waals surface area contributed by atoms with E-state index in [2.05, 4.69) is 13.8 Å². The Labute approximate surface area is 227 Å². The molecule has 0 aromatic rings. The first-order valence-electron chi connectivity index (χ1n) is 14.5. The SMILES string of the molecule is CCCCCCCCCCCS(=O)(=O)C(CCCCCCCC)CCOC(CC)OC(O)(P=O)C(=O)O. The van der Waals surface area contributed by atoms with Crippen molar-refractivity contribution < 1.29 is 37.5 Å². The van der Waals surface area contributed by atoms with Crippen molar-refractivity contribution in [3.05, 3.63) is 0 Å². The van der Waals surface area contributed by atoms with Crippen LogP contribution in [0.3, 0.4) is 0 Å². The smallest absolute Gasteiger partial charge is 0.377 e. The average molecular weight is 569 g/mol. The highest BCUT2D eigenvalue weighted by Gasteiger charge is 2.41. The highest BCUT2D eigenvalue weighted by atomic mass is 32.2. The summed E-state index contributed by atoms with van der Waals surface area (Å²) in [5, 5.41) is 18.3. The lowest BCUT2D eigenvalue weighted by molar-refractivity contribution is -0.252. The van der Waals surface area contributed by atoms with Crippen LogP contribution in [0.15, 0.2) is 0 Å². The Hall–Kier alpha value is -0.600. The molecule has 220 valence electrons. The minimum Gasteiger partial charge on any atom is -0.477 e. The molecule has 0 aromatic carbocycles. The van der Waals surface area contributed by atoms with Gasteiger partial charge in [0, 0.05) is 0 Å². The van der Waals surface area contributed by atoms with Crippen LogP contribution in [0.25, 0.3) is 0 Å². The molecule has 0 aliphatic carbocycles. The monoisotopic (exact) mass is 568 g/mol. The van der Waals surface area contributed by atoms with Gasteiger partial charge in [-0.2, -0.15) is 0 Å². The number of ether oxygens (including phenoxy) is 2. The van der Waals surface area contributed by atoms with Crippen molar-refractivity contribution in [2.24, 2.45) is 0 Å². The van der Waals surface area contributed by atoms with Crippen LogP contribution in [-0.2, 0) is 28.7 Å². The van der Waals surface area contributed by atoms with Crippen molar-refractivity contribution in [2.45, 2.75) is 153 Å². The van der Waals surface area contributed by atoms with Gasteiger partial charge in [0.05, 0.1) is 17.6 Å². The summed E-state index contributed by atoms with van der Waals surface area (Å²) in [6.45, 7) is 6.08. The quantitative estimate of drug-likeness (QED) is 0.0603. The molecule has 0 rings (SSSR count). The van der Waals surface area contributed by atoms with Crippen LogP contribution in [-0.4, -0.2) is 54.0 Å². The molecule has 0 spiro atoms. The highest BCUT2D eigenvalue weighted by molar-refractivity contribution is 7.92. The van der Waals surface area contributed by atoms with E-state index >= 15 is 0 Å². The molecule has 3 unspecified atom stereocenters. The van der Waals surface area contributed by atoms with Gasteiger partial charge in [0.25, 0.3) is 0 Å². The van der Waals surface area contributed by atoms with E-state index in [1.54, 1.807) is 6.92 Å². The number of hydrogen-bond acceptors (Lipinski definition) is 7. The molecule has 0 aromatic heterocycles. The van der Waals surface area contributed by atoms with Crippen LogP contribution in [0.5, 0.6) is 0 Å². The van der Waals surface area contributed by atoms with E-state index in [9.17, 15) is 22.9 Å². The van der Waals surface area contributed by atoms with Gasteiger partial charge in [-0.1, -0.05) is 111 Å². The van der Waals surface area contributed by atoms with E-state index in [1.807, 2.05) is 0 Å². The van der Waals surface area contributed by atoms with Gasteiger partial charge >= 0.3 is 11.5 Å². The Morgan fingerprint density at radius 3 is 1.76 bits per heavy atom. The van der Waals surface area contributed by atoms with Crippen molar-refractivity contribution >= 4 is 24.3 Å². The van der Waals surface area contributed by atoms with E-state index in [1.165, 1.54) is 38.5 Å². The van der Waals surface area contributed by atoms with Gasteiger partial charge < -0.3 is 19.7 Å². The minimum absolute atomic E-state index is 0.0431. The first-order valence-corrected chi connectivity index (χ1v) is 17.0. The fourth-order valence-electron chi connectivity index (χ4n) is 4.30. The van der Waals surface area contributed by atoms with E-state index in [-0.39, 0.29) is 25.2 Å². The molecule has 0 aliphatic heterocycles. The van der Waals surface area contributed by atoms with Crippen molar-refractivity contribution in [1.29, 1.82) is 0 Å². The molecule has 8 nitrogen and oxygen atoms in total. The first-order chi connectivity index (χ1) is 17.7. The van der Waals surface area contributed by atoms with Crippen LogP contribution in [0, 0.1) is 0 Å². The molecule has 0 heterocycles. The summed E-state index contributed by atoms with van der Waals surface area (Å²) >= 11 is 0. The molecule has 10 heteroatoms. The number of carbonyl (C=O) groups is 1. The van der Waals surface area contributed by atoms with Crippen LogP contribution in [0.1, 0.15) is 136 Å². The number of aliphatic hydroxyl groups is 1. The largest absolute Gasteiger partial charge is 0.477 e. The van der Waals surface area contributed by atoms with Gasteiger partial charge in [-0.3, -0.25) is 4.57 Å². The first kappa shape index (κ1) is 36.4. The third kappa shape index (κ3) is 17.6. The van der Waals surface area contributed by atoms with Gasteiger partial charge in [0.2, 0.25) is 8.46 Å². The van der Waals surface area contributed by atoms with E-state index in [4.69, 9.17) is 14.6 Å². The van der Waals surface area contributed by atoms with Gasteiger partial charge in [0.15, 0.2) is 16.1 Å². The van der Waals surface area contributed by atoms with Crippen molar-refractivity contribution in [1.82, 2.24) is 0 Å². The molecule has 0 fully saturated rings. The Kier molecular flexibility index (Phi) is 21.9. The predicted octanol–water partition coefficient (Wildman–Crippen LogP) is 7.23. The lowest BCUT2D eigenvalue weighted by atomic mass is 10.1. The van der Waals surface area contributed by atoms with E-state index in [0.717, 1.165) is 51.4 Å². The summed E-state index contributed by atoms with van der Waals surface area (Å²) in [5.41, 5.74) is -2.89. The van der Waals surface area contributed by atoms with Crippen LogP contribution < -0.4 is 0 Å².